The van der Waals surface area contributed by atoms with Gasteiger partial charge in [0.1, 0.15) is 11.8 Å². The second-order valence-corrected chi connectivity index (χ2v) is 7.65. The van der Waals surface area contributed by atoms with E-state index in [9.17, 15) is 9.59 Å². The molecule has 3 heterocycles. The van der Waals surface area contributed by atoms with Crippen molar-refractivity contribution in [1.82, 2.24) is 10.2 Å². The van der Waals surface area contributed by atoms with Crippen molar-refractivity contribution >= 4 is 23.2 Å². The van der Waals surface area contributed by atoms with Crippen molar-refractivity contribution in [3.8, 4) is 0 Å². The summed E-state index contributed by atoms with van der Waals surface area (Å²) in [6, 6.07) is 9.34. The summed E-state index contributed by atoms with van der Waals surface area (Å²) >= 11 is 0. The van der Waals surface area contributed by atoms with E-state index >= 15 is 0 Å². The van der Waals surface area contributed by atoms with E-state index < -0.39 is 11.9 Å². The van der Waals surface area contributed by atoms with Crippen LogP contribution in [0.1, 0.15) is 25.7 Å². The van der Waals surface area contributed by atoms with Crippen LogP contribution < -0.4 is 16.1 Å². The Morgan fingerprint density at radius 3 is 2.54 bits per heavy atom. The molecule has 8 nitrogen and oxygen atoms in total. The first-order valence-corrected chi connectivity index (χ1v) is 9.95. The zero-order chi connectivity index (χ0) is 19.5. The number of nitrogens with zero attached hydrogens (tertiary/aromatic N) is 3. The van der Waals surface area contributed by atoms with E-state index in [1.54, 1.807) is 5.01 Å². The van der Waals surface area contributed by atoms with E-state index in [4.69, 9.17) is 10.5 Å². The van der Waals surface area contributed by atoms with Crippen LogP contribution >= 0.6 is 0 Å². The van der Waals surface area contributed by atoms with Crippen molar-refractivity contribution in [2.75, 3.05) is 31.3 Å². The van der Waals surface area contributed by atoms with Gasteiger partial charge in [0, 0.05) is 38.2 Å². The summed E-state index contributed by atoms with van der Waals surface area (Å²) in [5.41, 5.74) is 6.66. The van der Waals surface area contributed by atoms with E-state index in [1.165, 1.54) is 0 Å². The number of anilines is 1. The highest BCUT2D eigenvalue weighted by Gasteiger charge is 2.36. The normalized spacial score (nSPS) is 26.3. The van der Waals surface area contributed by atoms with Gasteiger partial charge in [-0.05, 0) is 31.4 Å². The molecular weight excluding hydrogens is 358 g/mol. The summed E-state index contributed by atoms with van der Waals surface area (Å²) in [6.07, 6.45) is 3.15. The summed E-state index contributed by atoms with van der Waals surface area (Å²) in [5, 5.41) is 9.07. The Morgan fingerprint density at radius 1 is 1.14 bits per heavy atom. The maximum absolute atomic E-state index is 12.7. The fourth-order valence-corrected chi connectivity index (χ4v) is 4.18. The molecule has 0 bridgehead atoms. The number of hydrogen-bond donors (Lipinski definition) is 2. The Bertz CT molecular complexity index is 739. The lowest BCUT2D eigenvalue weighted by atomic mass is 10.0. The van der Waals surface area contributed by atoms with Crippen LogP contribution in [0.15, 0.2) is 35.4 Å². The van der Waals surface area contributed by atoms with Gasteiger partial charge >= 0.3 is 0 Å². The predicted molar refractivity (Wildman–Crippen MR) is 106 cm³/mol. The number of primary amides is 1. The van der Waals surface area contributed by atoms with E-state index in [0.717, 1.165) is 51.3 Å². The number of hydrazone groups is 1. The van der Waals surface area contributed by atoms with Crippen molar-refractivity contribution in [2.45, 2.75) is 43.8 Å². The number of nitrogens with two attached hydrogens (primary N) is 1. The molecule has 4 rings (SSSR count). The Labute approximate surface area is 164 Å². The minimum Gasteiger partial charge on any atom is -0.380 e. The zero-order valence-electron chi connectivity index (χ0n) is 15.9. The molecule has 2 amide bonds. The number of hydrogen-bond acceptors (Lipinski definition) is 6. The van der Waals surface area contributed by atoms with Crippen LogP contribution in [0, 0.1) is 0 Å². The molecule has 2 saturated heterocycles. The number of piperidine rings is 1. The van der Waals surface area contributed by atoms with Crippen LogP contribution in [-0.4, -0.2) is 66.9 Å². The topological polar surface area (TPSA) is 100 Å². The molecule has 2 fully saturated rings. The van der Waals surface area contributed by atoms with Gasteiger partial charge in [-0.1, -0.05) is 18.2 Å². The molecule has 3 N–H and O–H groups in total. The molecule has 1 aromatic carbocycles. The fourth-order valence-electron chi connectivity index (χ4n) is 4.18. The summed E-state index contributed by atoms with van der Waals surface area (Å²) in [4.78, 5) is 27.1. The maximum Gasteiger partial charge on any atom is 0.267 e. The fraction of sp³-hybridized carbons (Fsp3) is 0.550. The van der Waals surface area contributed by atoms with Crippen LogP contribution in [0.5, 0.6) is 0 Å². The third kappa shape index (κ3) is 4.02. The highest BCUT2D eigenvalue weighted by molar-refractivity contribution is 6.40. The molecule has 1 aromatic rings. The third-order valence-corrected chi connectivity index (χ3v) is 5.81. The number of carbonyl (C=O) groups excluding carboxylic acids is 2. The lowest BCUT2D eigenvalue weighted by Gasteiger charge is -2.35. The number of ether oxygens (including phenoxy) is 1. The van der Waals surface area contributed by atoms with Gasteiger partial charge in [0.05, 0.1) is 12.3 Å². The molecule has 28 heavy (non-hydrogen) atoms. The second-order valence-electron chi connectivity index (χ2n) is 7.65. The minimum atomic E-state index is -0.632. The van der Waals surface area contributed by atoms with E-state index in [1.807, 2.05) is 30.3 Å². The van der Waals surface area contributed by atoms with Crippen molar-refractivity contribution in [3.05, 3.63) is 30.3 Å². The van der Waals surface area contributed by atoms with Crippen LogP contribution in [0.3, 0.4) is 0 Å². The highest BCUT2D eigenvalue weighted by Crippen LogP contribution is 2.25. The largest absolute Gasteiger partial charge is 0.380 e. The molecular formula is C20H27N5O3. The summed E-state index contributed by atoms with van der Waals surface area (Å²) in [6.45, 7) is 3.59. The Balaban J connectivity index is 1.36. The molecule has 0 aromatic heterocycles. The first-order chi connectivity index (χ1) is 13.6. The molecule has 2 atom stereocenters. The number of carbonyl (C=O) groups is 2. The summed E-state index contributed by atoms with van der Waals surface area (Å²) in [5.74, 6) is -0.685. The number of para-hydroxylation sites is 1. The molecule has 150 valence electrons. The lowest BCUT2D eigenvalue weighted by Crippen LogP contribution is -2.49. The molecule has 3 aliphatic rings. The van der Waals surface area contributed by atoms with E-state index in [0.29, 0.717) is 11.8 Å². The van der Waals surface area contributed by atoms with Gasteiger partial charge in [0.2, 0.25) is 5.91 Å². The second kappa shape index (κ2) is 8.28. The highest BCUT2D eigenvalue weighted by atomic mass is 16.5. The standard InChI is InChI=1S/C20H27N5O3/c21-19(26)18-12-17(23-25(18)15-4-2-1-3-5-15)20(27)22-14-6-9-24(10-7-14)16-8-11-28-13-16/h1-5,14,16,18H,6-13H2,(H2,21,26)(H,22,27)/t16-,18+/m0/s1. The van der Waals surface area contributed by atoms with E-state index in [2.05, 4.69) is 15.3 Å². The van der Waals surface area contributed by atoms with Crippen molar-refractivity contribution in [3.63, 3.8) is 0 Å². The predicted octanol–water partition coefficient (Wildman–Crippen LogP) is 0.476. The van der Waals surface area contributed by atoms with Gasteiger partial charge < -0.3 is 15.8 Å². The van der Waals surface area contributed by atoms with Crippen molar-refractivity contribution in [2.24, 2.45) is 10.8 Å². The molecule has 8 heteroatoms. The molecule has 0 radical (unpaired) electrons. The molecule has 0 aliphatic carbocycles. The van der Waals surface area contributed by atoms with Crippen LogP contribution in [-0.2, 0) is 14.3 Å². The molecule has 0 spiro atoms. The van der Waals surface area contributed by atoms with Gasteiger partial charge in [-0.3, -0.25) is 19.5 Å². The van der Waals surface area contributed by atoms with Gasteiger partial charge in [-0.15, -0.1) is 0 Å². The van der Waals surface area contributed by atoms with Gasteiger partial charge in [-0.25, -0.2) is 0 Å². The molecule has 0 unspecified atom stereocenters. The average molecular weight is 385 g/mol. The first-order valence-electron chi connectivity index (χ1n) is 9.95. The number of benzene rings is 1. The third-order valence-electron chi connectivity index (χ3n) is 5.81. The van der Waals surface area contributed by atoms with Crippen LogP contribution in [0.2, 0.25) is 0 Å². The minimum absolute atomic E-state index is 0.131. The van der Waals surface area contributed by atoms with Crippen LogP contribution in [0.4, 0.5) is 5.69 Å². The SMILES string of the molecule is NC(=O)[C@H]1CC(C(=O)NC2CCN([C@H]3CCOC3)CC2)=NN1c1ccccc1. The Kier molecular flexibility index (Phi) is 5.59. The van der Waals surface area contributed by atoms with Crippen LogP contribution in [0.25, 0.3) is 0 Å². The van der Waals surface area contributed by atoms with Crippen molar-refractivity contribution < 1.29 is 14.3 Å². The maximum atomic E-state index is 12.7. The Hall–Kier alpha value is -2.45. The molecule has 0 saturated carbocycles. The summed E-state index contributed by atoms with van der Waals surface area (Å²) < 4.78 is 5.48. The summed E-state index contributed by atoms with van der Waals surface area (Å²) in [7, 11) is 0. The number of likely N-dealkylation sites (tertiary alicyclic amines) is 1. The quantitative estimate of drug-likeness (QED) is 0.768. The van der Waals surface area contributed by atoms with Crippen molar-refractivity contribution in [1.29, 1.82) is 0 Å². The molecule has 3 aliphatic heterocycles. The number of amides is 2. The Morgan fingerprint density at radius 2 is 1.89 bits per heavy atom. The first kappa shape index (κ1) is 18.9. The average Bonchev–Trinajstić information content (AvgIpc) is 3.39. The monoisotopic (exact) mass is 385 g/mol. The lowest BCUT2D eigenvalue weighted by molar-refractivity contribution is -0.119. The number of nitrogens with one attached hydrogen (secondary N) is 1. The number of rotatable bonds is 5. The zero-order valence-corrected chi connectivity index (χ0v) is 15.9. The smallest absolute Gasteiger partial charge is 0.267 e. The van der Waals surface area contributed by atoms with E-state index in [-0.39, 0.29) is 18.4 Å². The van der Waals surface area contributed by atoms with Gasteiger partial charge in [0.25, 0.3) is 5.91 Å². The van der Waals surface area contributed by atoms with Gasteiger partial charge in [0.15, 0.2) is 0 Å². The van der Waals surface area contributed by atoms with Gasteiger partial charge in [-0.2, -0.15) is 5.10 Å².